The van der Waals surface area contributed by atoms with Gasteiger partial charge in [0.1, 0.15) is 11.4 Å². The number of nitrogens with zero attached hydrogens (tertiary/aromatic N) is 2. The summed E-state index contributed by atoms with van der Waals surface area (Å²) in [4.78, 5) is 39.3. The Labute approximate surface area is 236 Å². The highest BCUT2D eigenvalue weighted by Gasteiger charge is 2.30. The van der Waals surface area contributed by atoms with Gasteiger partial charge in [0.2, 0.25) is 11.0 Å². The number of amides is 1. The molecule has 0 saturated carbocycles. The van der Waals surface area contributed by atoms with Crippen molar-refractivity contribution in [3.05, 3.63) is 92.0 Å². The van der Waals surface area contributed by atoms with Crippen molar-refractivity contribution in [2.75, 3.05) is 0 Å². The summed E-state index contributed by atoms with van der Waals surface area (Å²) in [6, 6.07) is 6.36. The summed E-state index contributed by atoms with van der Waals surface area (Å²) in [5.41, 5.74) is -2.20. The van der Waals surface area contributed by atoms with Gasteiger partial charge in [-0.25, -0.2) is 17.6 Å². The number of hydrogen-bond donors (Lipinski definition) is 2. The Bertz CT molecular complexity index is 1890. The van der Waals surface area contributed by atoms with E-state index in [0.717, 1.165) is 51.6 Å². The molecule has 2 heterocycles. The number of alkyl halides is 3. The number of aromatic nitrogens is 2. The fourth-order valence-electron chi connectivity index (χ4n) is 4.33. The van der Waals surface area contributed by atoms with E-state index in [1.165, 1.54) is 19.9 Å². The molecule has 0 aliphatic heterocycles. The zero-order valence-electron chi connectivity index (χ0n) is 22.7. The summed E-state index contributed by atoms with van der Waals surface area (Å²) in [7, 11) is -4.35. The molecule has 1 atom stereocenters. The van der Waals surface area contributed by atoms with Crippen LogP contribution in [0.1, 0.15) is 43.6 Å². The van der Waals surface area contributed by atoms with Crippen molar-refractivity contribution < 1.29 is 35.2 Å². The molecule has 4 aromatic rings. The molecule has 224 valence electrons. The highest BCUT2D eigenvalue weighted by Crippen LogP contribution is 2.29. The van der Waals surface area contributed by atoms with Gasteiger partial charge in [-0.05, 0) is 70.2 Å². The van der Waals surface area contributed by atoms with Crippen LogP contribution in [0.25, 0.3) is 16.7 Å². The lowest BCUT2D eigenvalue weighted by molar-refractivity contribution is -0.137. The number of fused-ring (bicyclic) bond motifs is 1. The molecule has 0 aliphatic rings. The van der Waals surface area contributed by atoms with Crippen molar-refractivity contribution in [1.29, 1.82) is 0 Å². The Kier molecular flexibility index (Phi) is 8.20. The summed E-state index contributed by atoms with van der Waals surface area (Å²) in [6.07, 6.45) is -4.59. The number of carbonyl (C=O) groups is 1. The first-order valence-electron chi connectivity index (χ1n) is 12.5. The van der Waals surface area contributed by atoms with Gasteiger partial charge in [0.25, 0.3) is 15.6 Å². The zero-order chi connectivity index (χ0) is 31.1. The molecule has 0 spiro atoms. The first-order chi connectivity index (χ1) is 19.5. The summed E-state index contributed by atoms with van der Waals surface area (Å²) in [5.74, 6) is -1.42. The highest BCUT2D eigenvalue weighted by atomic mass is 32.2. The molecule has 4 rings (SSSR count). The average Bonchev–Trinajstić information content (AvgIpc) is 3.32. The molecule has 0 radical (unpaired) electrons. The SMILES string of the molecule is Cc1c(CNC(=O)[C@H](C)NS(=O)(=O)c2cc3cc(F)ccc3o2)c(=O)n(C(C)C)c(=O)n1-c1ccc(C(F)(F)F)cc1. The molecule has 10 nitrogen and oxygen atoms in total. The van der Waals surface area contributed by atoms with Crippen LogP contribution in [0.2, 0.25) is 0 Å². The summed E-state index contributed by atoms with van der Waals surface area (Å²) in [6.45, 7) is 5.37. The number of benzene rings is 2. The molecule has 0 bridgehead atoms. The van der Waals surface area contributed by atoms with Crippen molar-refractivity contribution in [1.82, 2.24) is 19.2 Å². The van der Waals surface area contributed by atoms with Crippen molar-refractivity contribution >= 4 is 26.9 Å². The second-order valence-electron chi connectivity index (χ2n) is 9.80. The van der Waals surface area contributed by atoms with Gasteiger partial charge in [-0.3, -0.25) is 18.7 Å². The molecule has 1 amide bonds. The Balaban J connectivity index is 1.60. The van der Waals surface area contributed by atoms with Crippen molar-refractivity contribution in [2.24, 2.45) is 0 Å². The number of nitrogens with one attached hydrogen (secondary N) is 2. The number of hydrogen-bond acceptors (Lipinski definition) is 6. The van der Waals surface area contributed by atoms with E-state index in [1.807, 2.05) is 0 Å². The monoisotopic (exact) mass is 610 g/mol. The average molecular weight is 611 g/mol. The minimum absolute atomic E-state index is 0.0362. The summed E-state index contributed by atoms with van der Waals surface area (Å²) >= 11 is 0. The van der Waals surface area contributed by atoms with E-state index in [-0.39, 0.29) is 27.9 Å². The Hall–Kier alpha value is -4.24. The molecule has 2 aromatic heterocycles. The lowest BCUT2D eigenvalue weighted by atomic mass is 10.1. The summed E-state index contributed by atoms with van der Waals surface area (Å²) < 4.78 is 87.6. The van der Waals surface area contributed by atoms with E-state index in [4.69, 9.17) is 4.42 Å². The van der Waals surface area contributed by atoms with Crippen LogP contribution in [0.4, 0.5) is 17.6 Å². The standard InChI is InChI=1S/C27H26F4N4O6S/c1-14(2)34-25(37)21(16(4)35(26(34)38)20-8-5-18(6-9-20)27(29,30)31)13-32-24(36)15(3)33-42(39,40)23-12-17-11-19(28)7-10-22(17)41-23/h5-12,14-15,33H,13H2,1-4H3,(H,32,36)/t15-/m0/s1. The molecule has 2 N–H and O–H groups in total. The largest absolute Gasteiger partial charge is 0.443 e. The normalized spacial score (nSPS) is 13.1. The van der Waals surface area contributed by atoms with E-state index >= 15 is 0 Å². The minimum atomic E-state index is -4.59. The molecular weight excluding hydrogens is 584 g/mol. The van der Waals surface area contributed by atoms with E-state index in [2.05, 4.69) is 10.0 Å². The minimum Gasteiger partial charge on any atom is -0.443 e. The second kappa shape index (κ2) is 11.2. The van der Waals surface area contributed by atoms with Gasteiger partial charge in [0.05, 0.1) is 29.4 Å². The van der Waals surface area contributed by atoms with E-state index < -0.39 is 68.5 Å². The molecule has 15 heteroatoms. The Morgan fingerprint density at radius 3 is 2.26 bits per heavy atom. The highest BCUT2D eigenvalue weighted by molar-refractivity contribution is 7.89. The van der Waals surface area contributed by atoms with Gasteiger partial charge >= 0.3 is 11.9 Å². The van der Waals surface area contributed by atoms with Gasteiger partial charge in [0.15, 0.2) is 0 Å². The molecule has 0 saturated heterocycles. The maximum atomic E-state index is 13.5. The molecular formula is C27H26F4N4O6S. The van der Waals surface area contributed by atoms with Crippen LogP contribution in [0, 0.1) is 12.7 Å². The fraction of sp³-hybridized carbons (Fsp3) is 0.296. The van der Waals surface area contributed by atoms with Gasteiger partial charge in [-0.2, -0.15) is 17.9 Å². The number of furan rings is 1. The Morgan fingerprint density at radius 1 is 1.02 bits per heavy atom. The summed E-state index contributed by atoms with van der Waals surface area (Å²) in [5, 5.41) is 2.12. The van der Waals surface area contributed by atoms with Crippen LogP contribution in [-0.2, 0) is 27.5 Å². The van der Waals surface area contributed by atoms with Gasteiger partial charge < -0.3 is 9.73 Å². The third kappa shape index (κ3) is 6.01. The lowest BCUT2D eigenvalue weighted by Gasteiger charge is -2.20. The van der Waals surface area contributed by atoms with E-state index in [1.54, 1.807) is 13.8 Å². The fourth-order valence-corrected chi connectivity index (χ4v) is 5.50. The van der Waals surface area contributed by atoms with Gasteiger partial charge in [-0.1, -0.05) is 0 Å². The molecule has 2 aromatic carbocycles. The number of sulfonamides is 1. The van der Waals surface area contributed by atoms with Gasteiger partial charge in [-0.15, -0.1) is 0 Å². The third-order valence-electron chi connectivity index (χ3n) is 6.50. The maximum Gasteiger partial charge on any atom is 0.416 e. The first kappa shape index (κ1) is 30.7. The van der Waals surface area contributed by atoms with Crippen molar-refractivity contribution in [2.45, 2.75) is 57.6 Å². The quantitative estimate of drug-likeness (QED) is 0.292. The zero-order valence-corrected chi connectivity index (χ0v) is 23.6. The third-order valence-corrected chi connectivity index (χ3v) is 7.90. The number of rotatable bonds is 8. The Morgan fingerprint density at radius 2 is 1.67 bits per heavy atom. The van der Waals surface area contributed by atoms with Crippen LogP contribution in [0.3, 0.4) is 0 Å². The maximum absolute atomic E-state index is 13.5. The van der Waals surface area contributed by atoms with Crippen LogP contribution in [0.5, 0.6) is 0 Å². The molecule has 0 unspecified atom stereocenters. The van der Waals surface area contributed by atoms with Crippen molar-refractivity contribution in [3.8, 4) is 5.69 Å². The molecule has 42 heavy (non-hydrogen) atoms. The smallest absolute Gasteiger partial charge is 0.416 e. The predicted molar refractivity (Wildman–Crippen MR) is 144 cm³/mol. The van der Waals surface area contributed by atoms with Crippen LogP contribution < -0.4 is 21.3 Å². The van der Waals surface area contributed by atoms with Crippen LogP contribution >= 0.6 is 0 Å². The lowest BCUT2D eigenvalue weighted by Crippen LogP contribution is -2.47. The van der Waals surface area contributed by atoms with Crippen LogP contribution in [0.15, 0.2) is 67.6 Å². The predicted octanol–water partition coefficient (Wildman–Crippen LogP) is 3.78. The van der Waals surface area contributed by atoms with E-state index in [9.17, 15) is 40.4 Å². The number of carbonyl (C=O) groups excluding carboxylic acids is 1. The molecule has 0 fully saturated rings. The number of halogens is 4. The van der Waals surface area contributed by atoms with E-state index in [0.29, 0.717) is 0 Å². The molecule has 0 aliphatic carbocycles. The van der Waals surface area contributed by atoms with Crippen molar-refractivity contribution in [3.63, 3.8) is 0 Å². The van der Waals surface area contributed by atoms with Crippen LogP contribution in [-0.4, -0.2) is 29.5 Å². The topological polar surface area (TPSA) is 132 Å². The van der Waals surface area contributed by atoms with Gasteiger partial charge in [0, 0.05) is 23.2 Å². The second-order valence-corrected chi connectivity index (χ2v) is 11.4. The first-order valence-corrected chi connectivity index (χ1v) is 14.0.